The Morgan fingerprint density at radius 1 is 1.17 bits per heavy atom. The molecule has 2 aromatic heterocycles. The van der Waals surface area contributed by atoms with Crippen molar-refractivity contribution in [2.24, 2.45) is 0 Å². The summed E-state index contributed by atoms with van der Waals surface area (Å²) >= 11 is 0. The molecular formula is C22H20FN3O3. The number of hydrogen-bond acceptors (Lipinski definition) is 5. The lowest BCUT2D eigenvalue weighted by atomic mass is 9.77. The summed E-state index contributed by atoms with van der Waals surface area (Å²) in [6.45, 7) is 2.23. The van der Waals surface area contributed by atoms with Crippen LogP contribution in [0.2, 0.25) is 0 Å². The summed E-state index contributed by atoms with van der Waals surface area (Å²) in [6, 6.07) is 11.2. The number of carbonyl (C=O) groups excluding carboxylic acids is 1. The summed E-state index contributed by atoms with van der Waals surface area (Å²) in [4.78, 5) is 21.6. The van der Waals surface area contributed by atoms with E-state index in [4.69, 9.17) is 4.74 Å². The van der Waals surface area contributed by atoms with Crippen LogP contribution in [0.15, 0.2) is 54.9 Å². The highest BCUT2D eigenvalue weighted by molar-refractivity contribution is 6.00. The molecule has 1 fully saturated rings. The van der Waals surface area contributed by atoms with Gasteiger partial charge in [-0.2, -0.15) is 0 Å². The Bertz CT molecular complexity index is 1030. The van der Waals surface area contributed by atoms with E-state index in [0.29, 0.717) is 16.9 Å². The molecule has 1 aliphatic heterocycles. The monoisotopic (exact) mass is 393 g/mol. The number of nitrogens with zero attached hydrogens (tertiary/aromatic N) is 2. The fraction of sp³-hybridized carbons (Fsp3) is 0.227. The second kappa shape index (κ2) is 7.69. The molecule has 0 saturated carbocycles. The van der Waals surface area contributed by atoms with Gasteiger partial charge in [0, 0.05) is 17.5 Å². The van der Waals surface area contributed by atoms with E-state index in [0.717, 1.165) is 16.8 Å². The van der Waals surface area contributed by atoms with Gasteiger partial charge < -0.3 is 15.2 Å². The second-order valence-electron chi connectivity index (χ2n) is 7.11. The first-order valence-electron chi connectivity index (χ1n) is 9.20. The zero-order chi connectivity index (χ0) is 20.4. The SMILES string of the molecule is Cc1cc(CO)c(-c2ccc(NC(=O)C3(c4ccc(F)cc4)COC3)cn2)cn1. The number of aliphatic hydroxyl groups is 1. The van der Waals surface area contributed by atoms with Crippen LogP contribution in [0.1, 0.15) is 16.8 Å². The van der Waals surface area contributed by atoms with E-state index in [1.165, 1.54) is 12.1 Å². The summed E-state index contributed by atoms with van der Waals surface area (Å²) in [7, 11) is 0. The van der Waals surface area contributed by atoms with Crippen LogP contribution in [-0.4, -0.2) is 34.2 Å². The van der Waals surface area contributed by atoms with E-state index in [1.807, 2.05) is 13.0 Å². The maximum absolute atomic E-state index is 13.2. The van der Waals surface area contributed by atoms with E-state index in [9.17, 15) is 14.3 Å². The minimum atomic E-state index is -0.836. The lowest BCUT2D eigenvalue weighted by Gasteiger charge is -2.40. The van der Waals surface area contributed by atoms with Gasteiger partial charge in [-0.05, 0) is 48.4 Å². The van der Waals surface area contributed by atoms with Gasteiger partial charge >= 0.3 is 0 Å². The van der Waals surface area contributed by atoms with Crippen LogP contribution in [0, 0.1) is 12.7 Å². The molecule has 0 aliphatic carbocycles. The third-order valence-corrected chi connectivity index (χ3v) is 5.12. The van der Waals surface area contributed by atoms with Gasteiger partial charge in [-0.25, -0.2) is 4.39 Å². The van der Waals surface area contributed by atoms with Crippen molar-refractivity contribution in [1.82, 2.24) is 9.97 Å². The Balaban J connectivity index is 1.54. The molecule has 0 radical (unpaired) electrons. The first-order chi connectivity index (χ1) is 14.0. The van der Waals surface area contributed by atoms with Gasteiger partial charge in [-0.3, -0.25) is 14.8 Å². The number of halogens is 1. The number of carbonyl (C=O) groups is 1. The zero-order valence-electron chi connectivity index (χ0n) is 15.9. The second-order valence-corrected chi connectivity index (χ2v) is 7.11. The molecule has 1 aromatic carbocycles. The highest BCUT2D eigenvalue weighted by atomic mass is 19.1. The third kappa shape index (κ3) is 3.62. The number of hydrogen-bond donors (Lipinski definition) is 2. The molecule has 0 spiro atoms. The predicted octanol–water partition coefficient (Wildman–Crippen LogP) is 2.99. The fourth-order valence-electron chi connectivity index (χ4n) is 3.36. The van der Waals surface area contributed by atoms with Gasteiger partial charge in [-0.15, -0.1) is 0 Å². The number of amides is 1. The molecular weight excluding hydrogens is 373 g/mol. The lowest BCUT2D eigenvalue weighted by molar-refractivity contribution is -0.139. The number of nitrogens with one attached hydrogen (secondary N) is 1. The van der Waals surface area contributed by atoms with E-state index in [2.05, 4.69) is 15.3 Å². The summed E-state index contributed by atoms with van der Waals surface area (Å²) in [5, 5.41) is 12.5. The number of aryl methyl sites for hydroxylation is 1. The largest absolute Gasteiger partial charge is 0.392 e. The van der Waals surface area contributed by atoms with Crippen LogP contribution < -0.4 is 5.32 Å². The maximum Gasteiger partial charge on any atom is 0.239 e. The third-order valence-electron chi connectivity index (χ3n) is 5.12. The molecule has 3 heterocycles. The standard InChI is InChI=1S/C22H20FN3O3/c1-14-8-15(11-27)19(10-24-14)20-7-6-18(9-25-20)26-21(28)22(12-29-13-22)16-2-4-17(23)5-3-16/h2-10,27H,11-13H2,1H3,(H,26,28). The van der Waals surface area contributed by atoms with E-state index < -0.39 is 5.41 Å². The number of ether oxygens (including phenoxy) is 1. The van der Waals surface area contributed by atoms with Crippen LogP contribution in [0.3, 0.4) is 0 Å². The molecule has 6 nitrogen and oxygen atoms in total. The van der Waals surface area contributed by atoms with Crippen LogP contribution in [0.5, 0.6) is 0 Å². The van der Waals surface area contributed by atoms with Gasteiger partial charge in [0.15, 0.2) is 0 Å². The Labute approximate surface area is 167 Å². The molecule has 0 bridgehead atoms. The summed E-state index contributed by atoms with van der Waals surface area (Å²) in [6.07, 6.45) is 3.24. The van der Waals surface area contributed by atoms with Crippen LogP contribution in [0.4, 0.5) is 10.1 Å². The molecule has 4 rings (SSSR count). The number of rotatable bonds is 5. The van der Waals surface area contributed by atoms with Gasteiger partial charge in [0.2, 0.25) is 5.91 Å². The summed E-state index contributed by atoms with van der Waals surface area (Å²) < 4.78 is 18.5. The van der Waals surface area contributed by atoms with Crippen LogP contribution in [0.25, 0.3) is 11.3 Å². The molecule has 1 amide bonds. The molecule has 1 saturated heterocycles. The van der Waals surface area contributed by atoms with E-state index in [1.54, 1.807) is 36.7 Å². The van der Waals surface area contributed by atoms with Crippen molar-refractivity contribution in [2.45, 2.75) is 18.9 Å². The lowest BCUT2D eigenvalue weighted by Crippen LogP contribution is -2.55. The number of pyridine rings is 2. The quantitative estimate of drug-likeness (QED) is 0.696. The van der Waals surface area contributed by atoms with Crippen molar-refractivity contribution in [3.8, 4) is 11.3 Å². The first kappa shape index (κ1) is 19.2. The van der Waals surface area contributed by atoms with Crippen molar-refractivity contribution in [2.75, 3.05) is 18.5 Å². The number of benzene rings is 1. The van der Waals surface area contributed by atoms with Crippen LogP contribution in [-0.2, 0) is 21.6 Å². The Morgan fingerprint density at radius 2 is 1.93 bits per heavy atom. The van der Waals surface area contributed by atoms with Crippen molar-refractivity contribution in [3.63, 3.8) is 0 Å². The highest BCUT2D eigenvalue weighted by Gasteiger charge is 2.47. The van der Waals surface area contributed by atoms with Gasteiger partial charge in [-0.1, -0.05) is 12.1 Å². The molecule has 0 unspecified atom stereocenters. The average molecular weight is 393 g/mol. The molecule has 7 heteroatoms. The summed E-state index contributed by atoms with van der Waals surface area (Å²) in [5.41, 5.74) is 3.37. The molecule has 148 valence electrons. The topological polar surface area (TPSA) is 84.3 Å². The molecule has 1 aliphatic rings. The zero-order valence-corrected chi connectivity index (χ0v) is 15.9. The van der Waals surface area contributed by atoms with Crippen LogP contribution >= 0.6 is 0 Å². The van der Waals surface area contributed by atoms with Gasteiger partial charge in [0.25, 0.3) is 0 Å². The Morgan fingerprint density at radius 3 is 2.52 bits per heavy atom. The Kier molecular flexibility index (Phi) is 5.08. The first-order valence-corrected chi connectivity index (χ1v) is 9.20. The highest BCUT2D eigenvalue weighted by Crippen LogP contribution is 2.34. The number of aliphatic hydroxyl groups excluding tert-OH is 1. The van der Waals surface area contributed by atoms with E-state index >= 15 is 0 Å². The normalized spacial score (nSPS) is 14.9. The molecule has 2 N–H and O–H groups in total. The molecule has 0 atom stereocenters. The molecule has 3 aromatic rings. The number of aromatic nitrogens is 2. The van der Waals surface area contributed by atoms with Gasteiger partial charge in [0.1, 0.15) is 11.2 Å². The summed E-state index contributed by atoms with van der Waals surface area (Å²) in [5.74, 6) is -0.574. The molecule has 29 heavy (non-hydrogen) atoms. The predicted molar refractivity (Wildman–Crippen MR) is 106 cm³/mol. The smallest absolute Gasteiger partial charge is 0.239 e. The van der Waals surface area contributed by atoms with Crippen molar-refractivity contribution < 1.29 is 19.0 Å². The van der Waals surface area contributed by atoms with Crippen molar-refractivity contribution in [1.29, 1.82) is 0 Å². The minimum Gasteiger partial charge on any atom is -0.392 e. The maximum atomic E-state index is 13.2. The van der Waals surface area contributed by atoms with Gasteiger partial charge in [0.05, 0.1) is 37.4 Å². The Hall–Kier alpha value is -3.16. The fourth-order valence-corrected chi connectivity index (χ4v) is 3.36. The van der Waals surface area contributed by atoms with E-state index in [-0.39, 0.29) is 31.5 Å². The minimum absolute atomic E-state index is 0.112. The average Bonchev–Trinajstić information content (AvgIpc) is 2.69. The number of anilines is 1. The van der Waals surface area contributed by atoms with Crippen molar-refractivity contribution in [3.05, 3.63) is 77.5 Å². The van der Waals surface area contributed by atoms with Crippen molar-refractivity contribution >= 4 is 11.6 Å².